The minimum atomic E-state index is -0.482. The second-order valence-electron chi connectivity index (χ2n) is 5.86. The van der Waals surface area contributed by atoms with Gasteiger partial charge in [0.15, 0.2) is 5.71 Å². The summed E-state index contributed by atoms with van der Waals surface area (Å²) in [6.45, 7) is 3.98. The summed E-state index contributed by atoms with van der Waals surface area (Å²) < 4.78 is 5.18. The first-order valence-electron chi connectivity index (χ1n) is 8.31. The van der Waals surface area contributed by atoms with E-state index in [0.717, 1.165) is 11.1 Å². The van der Waals surface area contributed by atoms with Gasteiger partial charge in [0.25, 0.3) is 0 Å². The second kappa shape index (κ2) is 7.30. The van der Waals surface area contributed by atoms with Crippen LogP contribution in [0.15, 0.2) is 59.7 Å². The fraction of sp³-hybridized carbons (Fsp3) is 0.250. The number of nitrogens with zero attached hydrogens (tertiary/aromatic N) is 2. The number of hydrogen-bond acceptors (Lipinski definition) is 4. The molecule has 1 aliphatic rings. The molecule has 0 fully saturated rings. The summed E-state index contributed by atoms with van der Waals surface area (Å²) in [5.41, 5.74) is 2.85. The first-order valence-corrected chi connectivity index (χ1v) is 8.31. The van der Waals surface area contributed by atoms with E-state index in [1.807, 2.05) is 49.4 Å². The van der Waals surface area contributed by atoms with Crippen LogP contribution in [0.1, 0.15) is 30.4 Å². The van der Waals surface area contributed by atoms with Crippen LogP contribution in [-0.2, 0) is 14.3 Å². The van der Waals surface area contributed by atoms with Crippen LogP contribution in [0.2, 0.25) is 0 Å². The van der Waals surface area contributed by atoms with Gasteiger partial charge in [-0.2, -0.15) is 5.10 Å². The summed E-state index contributed by atoms with van der Waals surface area (Å²) in [6.07, 6.45) is 0.178. The van der Waals surface area contributed by atoms with E-state index < -0.39 is 11.9 Å². The Balaban J connectivity index is 2.06. The molecule has 1 heterocycles. The molecule has 1 atom stereocenters. The number of carbonyl (C=O) groups excluding carboxylic acids is 2. The number of benzene rings is 2. The number of hydrogen-bond donors (Lipinski definition) is 0. The molecule has 5 nitrogen and oxygen atoms in total. The topological polar surface area (TPSA) is 59.0 Å². The molecule has 0 spiro atoms. The minimum Gasteiger partial charge on any atom is -0.461 e. The maximum absolute atomic E-state index is 12.7. The number of amides is 1. The van der Waals surface area contributed by atoms with Crippen LogP contribution in [0.5, 0.6) is 0 Å². The van der Waals surface area contributed by atoms with Gasteiger partial charge in [-0.25, -0.2) is 9.80 Å². The quantitative estimate of drug-likeness (QED) is 0.804. The second-order valence-corrected chi connectivity index (χ2v) is 5.86. The molecule has 0 N–H and O–H groups in total. The molecule has 25 heavy (non-hydrogen) atoms. The van der Waals surface area contributed by atoms with Crippen molar-refractivity contribution in [3.05, 3.63) is 65.7 Å². The van der Waals surface area contributed by atoms with E-state index in [0.29, 0.717) is 5.69 Å². The molecular weight excluding hydrogens is 316 g/mol. The van der Waals surface area contributed by atoms with Gasteiger partial charge in [-0.05, 0) is 37.1 Å². The normalized spacial score (nSPS) is 17.2. The first kappa shape index (κ1) is 16.9. The Morgan fingerprint density at radius 1 is 1.16 bits per heavy atom. The fourth-order valence-corrected chi connectivity index (χ4v) is 2.99. The molecule has 128 valence electrons. The molecule has 2 aromatic carbocycles. The van der Waals surface area contributed by atoms with Gasteiger partial charge in [-0.1, -0.05) is 42.5 Å². The number of aryl methyl sites for hydroxylation is 1. The largest absolute Gasteiger partial charge is 0.461 e. The Labute approximate surface area is 146 Å². The Hall–Kier alpha value is -2.95. The van der Waals surface area contributed by atoms with Crippen LogP contribution < -0.4 is 5.01 Å². The summed E-state index contributed by atoms with van der Waals surface area (Å²) in [4.78, 5) is 25.2. The predicted octanol–water partition coefficient (Wildman–Crippen LogP) is 3.43. The molecule has 1 amide bonds. The lowest BCUT2D eigenvalue weighted by atomic mass is 9.86. The van der Waals surface area contributed by atoms with Gasteiger partial charge in [0.1, 0.15) is 0 Å². The van der Waals surface area contributed by atoms with E-state index in [4.69, 9.17) is 4.74 Å². The van der Waals surface area contributed by atoms with Crippen LogP contribution in [0, 0.1) is 6.92 Å². The number of rotatable bonds is 4. The van der Waals surface area contributed by atoms with Crippen LogP contribution in [0.4, 0.5) is 5.69 Å². The molecule has 5 heteroatoms. The Morgan fingerprint density at radius 3 is 2.52 bits per heavy atom. The zero-order chi connectivity index (χ0) is 17.8. The molecular formula is C20H20N2O3. The molecule has 2 aromatic rings. The SMILES string of the molecule is CCOC(=O)C1=NN(c2ccccc2)C(=O)C[C@H]1c1ccccc1C. The Kier molecular flexibility index (Phi) is 4.93. The van der Waals surface area contributed by atoms with Crippen molar-refractivity contribution in [3.8, 4) is 0 Å². The summed E-state index contributed by atoms with van der Waals surface area (Å²) in [7, 11) is 0. The van der Waals surface area contributed by atoms with Gasteiger partial charge >= 0.3 is 5.97 Å². The fourth-order valence-electron chi connectivity index (χ4n) is 2.99. The number of hydrazone groups is 1. The van der Waals surface area contributed by atoms with Crippen molar-refractivity contribution in [2.24, 2.45) is 5.10 Å². The number of esters is 1. The minimum absolute atomic E-state index is 0.146. The summed E-state index contributed by atoms with van der Waals surface area (Å²) in [5.74, 6) is -1.02. The average Bonchev–Trinajstić information content (AvgIpc) is 2.63. The lowest BCUT2D eigenvalue weighted by molar-refractivity contribution is -0.135. The smallest absolute Gasteiger partial charge is 0.355 e. The van der Waals surface area contributed by atoms with Crippen molar-refractivity contribution in [2.75, 3.05) is 11.6 Å². The third kappa shape index (κ3) is 3.45. The van der Waals surface area contributed by atoms with E-state index in [9.17, 15) is 9.59 Å². The molecule has 0 saturated carbocycles. The van der Waals surface area contributed by atoms with Gasteiger partial charge in [0, 0.05) is 12.3 Å². The molecule has 0 saturated heterocycles. The van der Waals surface area contributed by atoms with E-state index in [2.05, 4.69) is 5.10 Å². The van der Waals surface area contributed by atoms with Crippen molar-refractivity contribution >= 4 is 23.3 Å². The monoisotopic (exact) mass is 336 g/mol. The van der Waals surface area contributed by atoms with Gasteiger partial charge < -0.3 is 4.74 Å². The highest BCUT2D eigenvalue weighted by Crippen LogP contribution is 2.31. The van der Waals surface area contributed by atoms with Crippen molar-refractivity contribution in [1.29, 1.82) is 0 Å². The lowest BCUT2D eigenvalue weighted by Gasteiger charge is -2.29. The van der Waals surface area contributed by atoms with Crippen molar-refractivity contribution < 1.29 is 14.3 Å². The summed E-state index contributed by atoms with van der Waals surface area (Å²) >= 11 is 0. The number of anilines is 1. The maximum Gasteiger partial charge on any atom is 0.355 e. The molecule has 3 rings (SSSR count). The van der Waals surface area contributed by atoms with Gasteiger partial charge in [0.05, 0.1) is 12.3 Å². The van der Waals surface area contributed by atoms with Gasteiger partial charge in [-0.3, -0.25) is 4.79 Å². The van der Waals surface area contributed by atoms with Crippen molar-refractivity contribution in [3.63, 3.8) is 0 Å². The Morgan fingerprint density at radius 2 is 1.84 bits per heavy atom. The molecule has 0 aromatic heterocycles. The first-order chi connectivity index (χ1) is 12.1. The number of ether oxygens (including phenoxy) is 1. The highest BCUT2D eigenvalue weighted by Gasteiger charge is 2.36. The zero-order valence-electron chi connectivity index (χ0n) is 14.3. The van der Waals surface area contributed by atoms with E-state index in [1.165, 1.54) is 5.01 Å². The lowest BCUT2D eigenvalue weighted by Crippen LogP contribution is -2.39. The third-order valence-corrected chi connectivity index (χ3v) is 4.20. The summed E-state index contributed by atoms with van der Waals surface area (Å²) in [6, 6.07) is 16.8. The van der Waals surface area contributed by atoms with E-state index in [-0.39, 0.29) is 24.6 Å². The summed E-state index contributed by atoms with van der Waals surface area (Å²) in [5, 5.41) is 5.67. The average molecular weight is 336 g/mol. The number of para-hydroxylation sites is 1. The highest BCUT2D eigenvalue weighted by molar-refractivity contribution is 6.40. The predicted molar refractivity (Wildman–Crippen MR) is 96.5 cm³/mol. The van der Waals surface area contributed by atoms with Crippen LogP contribution >= 0.6 is 0 Å². The van der Waals surface area contributed by atoms with Crippen LogP contribution in [-0.4, -0.2) is 24.2 Å². The van der Waals surface area contributed by atoms with Gasteiger partial charge in [0.2, 0.25) is 5.91 Å². The third-order valence-electron chi connectivity index (χ3n) is 4.20. The number of carbonyl (C=O) groups is 2. The van der Waals surface area contributed by atoms with E-state index >= 15 is 0 Å². The molecule has 0 radical (unpaired) electrons. The molecule has 0 unspecified atom stereocenters. The van der Waals surface area contributed by atoms with Crippen LogP contribution in [0.3, 0.4) is 0 Å². The standard InChI is InChI=1S/C20H20N2O3/c1-3-25-20(24)19-17(16-12-8-7-9-14(16)2)13-18(23)22(21-19)15-10-5-4-6-11-15/h4-12,17H,3,13H2,1-2H3/t17-/m0/s1. The Bertz CT molecular complexity index is 815. The van der Waals surface area contributed by atoms with Crippen LogP contribution in [0.25, 0.3) is 0 Å². The van der Waals surface area contributed by atoms with Crippen molar-refractivity contribution in [1.82, 2.24) is 0 Å². The zero-order valence-corrected chi connectivity index (χ0v) is 14.3. The van der Waals surface area contributed by atoms with Crippen molar-refractivity contribution in [2.45, 2.75) is 26.2 Å². The van der Waals surface area contributed by atoms with E-state index in [1.54, 1.807) is 19.1 Å². The molecule has 0 bridgehead atoms. The van der Waals surface area contributed by atoms with Gasteiger partial charge in [-0.15, -0.1) is 0 Å². The molecule has 1 aliphatic heterocycles. The highest BCUT2D eigenvalue weighted by atomic mass is 16.5. The molecule has 0 aliphatic carbocycles. The maximum atomic E-state index is 12.7.